The maximum absolute atomic E-state index is 2.53. The molecule has 0 aliphatic carbocycles. The second kappa shape index (κ2) is 9.67. The highest BCUT2D eigenvalue weighted by Gasteiger charge is 2.08. The smallest absolute Gasteiger partial charge is 0.00668 e. The molecule has 1 nitrogen and oxygen atoms in total. The average molecular weight is 300 g/mol. The van der Waals surface area contributed by atoms with Crippen LogP contribution < -0.4 is 0 Å². The summed E-state index contributed by atoms with van der Waals surface area (Å²) in [6.07, 6.45) is 3.81. The highest BCUT2D eigenvalue weighted by Crippen LogP contribution is 2.10. The van der Waals surface area contributed by atoms with E-state index >= 15 is 0 Å². The summed E-state index contributed by atoms with van der Waals surface area (Å²) in [6, 6.07) is 11.5. The second-order valence-corrected chi connectivity index (χ2v) is 4.45. The van der Waals surface area contributed by atoms with Crippen LogP contribution in [-0.2, 0) is 6.42 Å². The fraction of sp³-hybridized carbons (Fsp3) is 0.600. The number of aryl methyl sites for hydroxylation is 1. The first-order valence-corrected chi connectivity index (χ1v) is 6.55. The quantitative estimate of drug-likeness (QED) is 0.725. The number of rotatable bonds is 7. The van der Waals surface area contributed by atoms with Gasteiger partial charge in [0.25, 0.3) is 0 Å². The first-order valence-electron chi connectivity index (χ1n) is 6.55. The van der Waals surface area contributed by atoms with Crippen molar-refractivity contribution in [2.45, 2.75) is 46.1 Å². The van der Waals surface area contributed by atoms with Crippen molar-refractivity contribution in [2.24, 2.45) is 0 Å². The van der Waals surface area contributed by atoms with Gasteiger partial charge in [0.15, 0.2) is 0 Å². The molecule has 0 saturated carbocycles. The number of nitrogens with zero attached hydrogens (tertiary/aromatic N) is 1. The maximum atomic E-state index is 2.53. The highest BCUT2D eigenvalue weighted by atomic mass is 79.9. The molecule has 0 bridgehead atoms. The first kappa shape index (κ1) is 16.7. The molecule has 2 heteroatoms. The zero-order chi connectivity index (χ0) is 11.8. The van der Waals surface area contributed by atoms with Crippen LogP contribution >= 0.6 is 17.0 Å². The zero-order valence-electron chi connectivity index (χ0n) is 11.4. The van der Waals surface area contributed by atoms with E-state index in [0.29, 0.717) is 0 Å². The van der Waals surface area contributed by atoms with Crippen molar-refractivity contribution >= 4 is 17.0 Å². The zero-order valence-corrected chi connectivity index (χ0v) is 13.1. The van der Waals surface area contributed by atoms with Gasteiger partial charge < -0.3 is 4.90 Å². The van der Waals surface area contributed by atoms with Crippen molar-refractivity contribution < 1.29 is 0 Å². The van der Waals surface area contributed by atoms with Gasteiger partial charge in [-0.2, -0.15) is 0 Å². The Balaban J connectivity index is 0.00000256. The van der Waals surface area contributed by atoms with Gasteiger partial charge in [0.2, 0.25) is 0 Å². The Morgan fingerprint density at radius 2 is 1.65 bits per heavy atom. The van der Waals surface area contributed by atoms with Crippen LogP contribution in [0.2, 0.25) is 0 Å². The van der Waals surface area contributed by atoms with E-state index in [1.54, 1.807) is 0 Å². The molecule has 0 aliphatic heterocycles. The molecule has 1 rings (SSSR count). The molecule has 1 unspecified atom stereocenters. The molecule has 1 atom stereocenters. The monoisotopic (exact) mass is 299 g/mol. The number of hydrogen-bond acceptors (Lipinski definition) is 1. The lowest BCUT2D eigenvalue weighted by Crippen LogP contribution is -2.32. The molecule has 98 valence electrons. The fourth-order valence-electron chi connectivity index (χ4n) is 2.28. The first-order chi connectivity index (χ1) is 7.77. The van der Waals surface area contributed by atoms with Crippen LogP contribution in [-0.4, -0.2) is 24.0 Å². The van der Waals surface area contributed by atoms with E-state index < -0.39 is 0 Å². The minimum atomic E-state index is 0. The molecular weight excluding hydrogens is 274 g/mol. The summed E-state index contributed by atoms with van der Waals surface area (Å²) in [7, 11) is 0. The minimum absolute atomic E-state index is 0. The molecule has 1 aromatic carbocycles. The van der Waals surface area contributed by atoms with Gasteiger partial charge in [0, 0.05) is 6.04 Å². The van der Waals surface area contributed by atoms with E-state index in [0.717, 1.165) is 6.04 Å². The Kier molecular flexibility index (Phi) is 9.47. The Morgan fingerprint density at radius 1 is 1.06 bits per heavy atom. The van der Waals surface area contributed by atoms with E-state index in [9.17, 15) is 0 Å². The van der Waals surface area contributed by atoms with Crippen molar-refractivity contribution in [3.8, 4) is 0 Å². The number of hydrogen-bond donors (Lipinski definition) is 0. The topological polar surface area (TPSA) is 3.24 Å². The van der Waals surface area contributed by atoms with Gasteiger partial charge in [-0.3, -0.25) is 0 Å². The van der Waals surface area contributed by atoms with Crippen LogP contribution in [0.1, 0.15) is 39.2 Å². The SMILES string of the molecule is Br.CCN(CC)C(C)CCCc1ccccc1. The molecule has 0 saturated heterocycles. The third-order valence-corrected chi connectivity index (χ3v) is 3.37. The van der Waals surface area contributed by atoms with Gasteiger partial charge in [-0.05, 0) is 44.8 Å². The maximum Gasteiger partial charge on any atom is 0.00668 e. The molecule has 0 spiro atoms. The summed E-state index contributed by atoms with van der Waals surface area (Å²) in [6.45, 7) is 9.18. The standard InChI is InChI=1S/C15H25N.BrH/c1-4-16(5-2)14(3)10-9-13-15-11-7-6-8-12-15;/h6-8,11-12,14H,4-5,9-10,13H2,1-3H3;1H. The van der Waals surface area contributed by atoms with E-state index in [4.69, 9.17) is 0 Å². The summed E-state index contributed by atoms with van der Waals surface area (Å²) in [5, 5.41) is 0. The van der Waals surface area contributed by atoms with Gasteiger partial charge in [-0.1, -0.05) is 44.2 Å². The van der Waals surface area contributed by atoms with Crippen LogP contribution in [0.15, 0.2) is 30.3 Å². The second-order valence-electron chi connectivity index (χ2n) is 4.45. The Labute approximate surface area is 117 Å². The fourth-order valence-corrected chi connectivity index (χ4v) is 2.28. The van der Waals surface area contributed by atoms with E-state index in [1.165, 1.54) is 37.9 Å². The lowest BCUT2D eigenvalue weighted by Gasteiger charge is -2.26. The number of benzene rings is 1. The molecular formula is C15H26BrN. The summed E-state index contributed by atoms with van der Waals surface area (Å²) in [4.78, 5) is 2.53. The Bertz CT molecular complexity index is 270. The predicted octanol–water partition coefficient (Wildman–Crippen LogP) is 4.32. The molecule has 1 aromatic rings. The molecule has 0 aliphatic rings. The summed E-state index contributed by atoms with van der Waals surface area (Å²) < 4.78 is 0. The Hall–Kier alpha value is -0.340. The van der Waals surface area contributed by atoms with Gasteiger partial charge in [-0.15, -0.1) is 17.0 Å². The third-order valence-electron chi connectivity index (χ3n) is 3.37. The average Bonchev–Trinajstić information content (AvgIpc) is 2.32. The lowest BCUT2D eigenvalue weighted by molar-refractivity contribution is 0.218. The summed E-state index contributed by atoms with van der Waals surface area (Å²) in [5.41, 5.74) is 1.47. The third kappa shape index (κ3) is 6.23. The molecule has 0 radical (unpaired) electrons. The van der Waals surface area contributed by atoms with E-state index in [2.05, 4.69) is 56.0 Å². The van der Waals surface area contributed by atoms with Gasteiger partial charge in [0.1, 0.15) is 0 Å². The molecule has 0 N–H and O–H groups in total. The largest absolute Gasteiger partial charge is 0.301 e. The van der Waals surface area contributed by atoms with Crippen LogP contribution in [0.5, 0.6) is 0 Å². The molecule has 0 aromatic heterocycles. The number of halogens is 1. The summed E-state index contributed by atoms with van der Waals surface area (Å²) in [5.74, 6) is 0. The van der Waals surface area contributed by atoms with Crippen LogP contribution in [0.25, 0.3) is 0 Å². The lowest BCUT2D eigenvalue weighted by atomic mass is 10.0. The highest BCUT2D eigenvalue weighted by molar-refractivity contribution is 8.93. The van der Waals surface area contributed by atoms with E-state index in [1.807, 2.05) is 0 Å². The van der Waals surface area contributed by atoms with Gasteiger partial charge >= 0.3 is 0 Å². The van der Waals surface area contributed by atoms with Gasteiger partial charge in [0.05, 0.1) is 0 Å². The van der Waals surface area contributed by atoms with Crippen molar-refractivity contribution in [2.75, 3.05) is 13.1 Å². The molecule has 17 heavy (non-hydrogen) atoms. The molecule has 0 heterocycles. The predicted molar refractivity (Wildman–Crippen MR) is 82.1 cm³/mol. The summed E-state index contributed by atoms with van der Waals surface area (Å²) >= 11 is 0. The van der Waals surface area contributed by atoms with Crippen molar-refractivity contribution in [3.05, 3.63) is 35.9 Å². The van der Waals surface area contributed by atoms with Crippen LogP contribution in [0.4, 0.5) is 0 Å². The van der Waals surface area contributed by atoms with Crippen LogP contribution in [0, 0.1) is 0 Å². The van der Waals surface area contributed by atoms with Gasteiger partial charge in [-0.25, -0.2) is 0 Å². The van der Waals surface area contributed by atoms with Crippen molar-refractivity contribution in [1.29, 1.82) is 0 Å². The normalized spacial score (nSPS) is 12.2. The molecule has 0 amide bonds. The Morgan fingerprint density at radius 3 is 2.18 bits per heavy atom. The van der Waals surface area contributed by atoms with Crippen molar-refractivity contribution in [1.82, 2.24) is 4.90 Å². The minimum Gasteiger partial charge on any atom is -0.301 e. The molecule has 0 fully saturated rings. The van der Waals surface area contributed by atoms with E-state index in [-0.39, 0.29) is 17.0 Å². The van der Waals surface area contributed by atoms with Crippen molar-refractivity contribution in [3.63, 3.8) is 0 Å². The van der Waals surface area contributed by atoms with Crippen LogP contribution in [0.3, 0.4) is 0 Å².